The molecule has 10 heavy (non-hydrogen) atoms. The van der Waals surface area contributed by atoms with Gasteiger partial charge in [0.05, 0.1) is 18.7 Å². The van der Waals surface area contributed by atoms with Crippen LogP contribution in [0.1, 0.15) is 5.69 Å². The van der Waals surface area contributed by atoms with Gasteiger partial charge in [0, 0.05) is 13.1 Å². The molecule has 56 valence electrons. The Morgan fingerprint density at radius 2 is 2.50 bits per heavy atom. The van der Waals surface area contributed by atoms with E-state index in [1.54, 1.807) is 11.8 Å². The Labute approximate surface area is 64.6 Å². The van der Waals surface area contributed by atoms with Crippen molar-refractivity contribution in [3.8, 4) is 5.88 Å². The summed E-state index contributed by atoms with van der Waals surface area (Å²) in [5, 5.41) is 4.01. The Morgan fingerprint density at radius 1 is 1.80 bits per heavy atom. The molecule has 0 amide bonds. The van der Waals surface area contributed by atoms with Crippen LogP contribution >= 0.6 is 11.6 Å². The van der Waals surface area contributed by atoms with Gasteiger partial charge < -0.3 is 4.74 Å². The minimum absolute atomic E-state index is 0.465. The minimum atomic E-state index is 0.465. The summed E-state index contributed by atoms with van der Waals surface area (Å²) in [5.74, 6) is 1.07. The van der Waals surface area contributed by atoms with Crippen molar-refractivity contribution < 1.29 is 4.74 Å². The third-order valence-corrected chi connectivity index (χ3v) is 1.57. The van der Waals surface area contributed by atoms with Crippen LogP contribution in [0.3, 0.4) is 0 Å². The molecule has 1 heterocycles. The second-order valence-electron chi connectivity index (χ2n) is 1.94. The number of aromatic nitrogens is 2. The van der Waals surface area contributed by atoms with E-state index in [0.29, 0.717) is 11.8 Å². The molecule has 4 heteroatoms. The SMILES string of the molecule is COc1cc(CCl)n(C)n1. The van der Waals surface area contributed by atoms with Crippen LogP contribution in [-0.2, 0) is 12.9 Å². The van der Waals surface area contributed by atoms with Gasteiger partial charge in [0.2, 0.25) is 5.88 Å². The van der Waals surface area contributed by atoms with E-state index in [2.05, 4.69) is 5.10 Å². The van der Waals surface area contributed by atoms with Crippen LogP contribution in [0.4, 0.5) is 0 Å². The Balaban J connectivity index is 2.92. The quantitative estimate of drug-likeness (QED) is 0.608. The van der Waals surface area contributed by atoms with Gasteiger partial charge in [-0.25, -0.2) is 0 Å². The first-order valence-corrected chi connectivity index (χ1v) is 3.44. The molecule has 0 aromatic carbocycles. The second-order valence-corrected chi connectivity index (χ2v) is 2.20. The summed E-state index contributed by atoms with van der Waals surface area (Å²) in [5.41, 5.74) is 0.957. The Hall–Kier alpha value is -0.700. The van der Waals surface area contributed by atoms with Crippen LogP contribution in [0, 0.1) is 0 Å². The lowest BCUT2D eigenvalue weighted by Gasteiger charge is -1.91. The van der Waals surface area contributed by atoms with Crippen molar-refractivity contribution in [3.05, 3.63) is 11.8 Å². The van der Waals surface area contributed by atoms with E-state index in [-0.39, 0.29) is 0 Å². The molecule has 0 unspecified atom stereocenters. The fraction of sp³-hybridized carbons (Fsp3) is 0.500. The van der Waals surface area contributed by atoms with Gasteiger partial charge in [0.15, 0.2) is 0 Å². The lowest BCUT2D eigenvalue weighted by atomic mass is 10.5. The first kappa shape index (κ1) is 7.41. The molecule has 0 N–H and O–H groups in total. The number of methoxy groups -OCH3 is 1. The van der Waals surface area contributed by atoms with E-state index >= 15 is 0 Å². The summed E-state index contributed by atoms with van der Waals surface area (Å²) >= 11 is 5.59. The van der Waals surface area contributed by atoms with E-state index < -0.39 is 0 Å². The number of nitrogens with zero attached hydrogens (tertiary/aromatic N) is 2. The van der Waals surface area contributed by atoms with E-state index in [0.717, 1.165) is 5.69 Å². The number of alkyl halides is 1. The zero-order valence-corrected chi connectivity index (χ0v) is 6.72. The van der Waals surface area contributed by atoms with Gasteiger partial charge in [-0.3, -0.25) is 4.68 Å². The van der Waals surface area contributed by atoms with Gasteiger partial charge in [-0.15, -0.1) is 16.7 Å². The van der Waals surface area contributed by atoms with Crippen molar-refractivity contribution in [1.29, 1.82) is 0 Å². The molecule has 0 aliphatic heterocycles. The highest BCUT2D eigenvalue weighted by Gasteiger charge is 2.01. The summed E-state index contributed by atoms with van der Waals surface area (Å²) in [6, 6.07) is 1.81. The molecule has 0 saturated heterocycles. The van der Waals surface area contributed by atoms with Crippen molar-refractivity contribution >= 4 is 11.6 Å². The zero-order chi connectivity index (χ0) is 7.56. The molecular formula is C6H9ClN2O. The lowest BCUT2D eigenvalue weighted by molar-refractivity contribution is 0.392. The molecule has 0 bridgehead atoms. The highest BCUT2D eigenvalue weighted by molar-refractivity contribution is 6.16. The van der Waals surface area contributed by atoms with Gasteiger partial charge in [0.1, 0.15) is 0 Å². The minimum Gasteiger partial charge on any atom is -0.480 e. The molecule has 0 fully saturated rings. The van der Waals surface area contributed by atoms with E-state index in [1.165, 1.54) is 0 Å². The number of halogens is 1. The molecule has 0 spiro atoms. The van der Waals surface area contributed by atoms with Gasteiger partial charge in [-0.2, -0.15) is 0 Å². The first-order chi connectivity index (χ1) is 4.77. The maximum absolute atomic E-state index is 5.59. The molecule has 0 saturated carbocycles. The molecule has 0 aliphatic carbocycles. The standard InChI is InChI=1S/C6H9ClN2O/c1-9-5(4-7)3-6(8-9)10-2/h3H,4H2,1-2H3. The molecular weight excluding hydrogens is 152 g/mol. The van der Waals surface area contributed by atoms with Crippen molar-refractivity contribution in [2.75, 3.05) is 7.11 Å². The molecule has 3 nitrogen and oxygen atoms in total. The topological polar surface area (TPSA) is 27.1 Å². The molecule has 0 radical (unpaired) electrons. The largest absolute Gasteiger partial charge is 0.480 e. The van der Waals surface area contributed by atoms with Gasteiger partial charge in [0.25, 0.3) is 0 Å². The normalized spacial score (nSPS) is 9.90. The molecule has 1 aromatic rings. The van der Waals surface area contributed by atoms with Gasteiger partial charge in [-0.05, 0) is 0 Å². The molecule has 1 aromatic heterocycles. The van der Waals surface area contributed by atoms with Crippen LogP contribution in [-0.4, -0.2) is 16.9 Å². The van der Waals surface area contributed by atoms with Crippen LogP contribution in [0.25, 0.3) is 0 Å². The van der Waals surface area contributed by atoms with E-state index in [4.69, 9.17) is 16.3 Å². The predicted molar refractivity (Wildman–Crippen MR) is 39.3 cm³/mol. The van der Waals surface area contributed by atoms with Crippen LogP contribution < -0.4 is 4.74 Å². The van der Waals surface area contributed by atoms with E-state index in [9.17, 15) is 0 Å². The smallest absolute Gasteiger partial charge is 0.232 e. The average molecular weight is 161 g/mol. The third-order valence-electron chi connectivity index (χ3n) is 1.30. The Bertz CT molecular complexity index is 222. The highest BCUT2D eigenvalue weighted by Crippen LogP contribution is 2.11. The molecule has 1 rings (SSSR count). The van der Waals surface area contributed by atoms with Crippen LogP contribution in [0.5, 0.6) is 5.88 Å². The second kappa shape index (κ2) is 2.92. The van der Waals surface area contributed by atoms with Crippen LogP contribution in [0.2, 0.25) is 0 Å². The first-order valence-electron chi connectivity index (χ1n) is 2.90. The average Bonchev–Trinajstić information content (AvgIpc) is 2.30. The summed E-state index contributed by atoms with van der Waals surface area (Å²) in [6.45, 7) is 0. The number of ether oxygens (including phenoxy) is 1. The summed E-state index contributed by atoms with van der Waals surface area (Å²) in [7, 11) is 3.42. The number of aryl methyl sites for hydroxylation is 1. The maximum atomic E-state index is 5.59. The molecule has 0 aliphatic rings. The van der Waals surface area contributed by atoms with Crippen LogP contribution in [0.15, 0.2) is 6.07 Å². The Morgan fingerprint density at radius 3 is 2.80 bits per heavy atom. The predicted octanol–water partition coefficient (Wildman–Crippen LogP) is 1.17. The van der Waals surface area contributed by atoms with Crippen molar-refractivity contribution in [3.63, 3.8) is 0 Å². The summed E-state index contributed by atoms with van der Waals surface area (Å²) < 4.78 is 6.59. The monoisotopic (exact) mass is 160 g/mol. The highest BCUT2D eigenvalue weighted by atomic mass is 35.5. The maximum Gasteiger partial charge on any atom is 0.232 e. The van der Waals surface area contributed by atoms with Gasteiger partial charge >= 0.3 is 0 Å². The van der Waals surface area contributed by atoms with Crippen molar-refractivity contribution in [2.24, 2.45) is 7.05 Å². The molecule has 0 atom stereocenters. The summed E-state index contributed by atoms with van der Waals surface area (Å²) in [4.78, 5) is 0. The third kappa shape index (κ3) is 1.24. The van der Waals surface area contributed by atoms with Crippen molar-refractivity contribution in [2.45, 2.75) is 5.88 Å². The number of hydrogen-bond acceptors (Lipinski definition) is 2. The fourth-order valence-electron chi connectivity index (χ4n) is 0.702. The summed E-state index contributed by atoms with van der Waals surface area (Å²) in [6.07, 6.45) is 0. The number of hydrogen-bond donors (Lipinski definition) is 0. The van der Waals surface area contributed by atoms with Crippen molar-refractivity contribution in [1.82, 2.24) is 9.78 Å². The van der Waals surface area contributed by atoms with Gasteiger partial charge in [-0.1, -0.05) is 0 Å². The lowest BCUT2D eigenvalue weighted by Crippen LogP contribution is -1.94. The fourth-order valence-corrected chi connectivity index (χ4v) is 0.952. The number of rotatable bonds is 2. The Kier molecular flexibility index (Phi) is 2.17. The van der Waals surface area contributed by atoms with E-state index in [1.807, 2.05) is 13.1 Å². The zero-order valence-electron chi connectivity index (χ0n) is 5.97.